The van der Waals surface area contributed by atoms with Gasteiger partial charge in [0.05, 0.1) is 6.61 Å². The number of carbonyl (C=O) groups excluding carboxylic acids is 1. The maximum absolute atomic E-state index is 12.5. The van der Waals surface area contributed by atoms with E-state index >= 15 is 0 Å². The molecule has 4 rings (SSSR count). The average Bonchev–Trinajstić information content (AvgIpc) is 3.39. The number of rotatable bonds is 10. The van der Waals surface area contributed by atoms with Crippen molar-refractivity contribution in [3.63, 3.8) is 0 Å². The molecule has 0 saturated carbocycles. The van der Waals surface area contributed by atoms with Gasteiger partial charge >= 0.3 is 0 Å². The van der Waals surface area contributed by atoms with Crippen LogP contribution >= 0.6 is 0 Å². The fourth-order valence-electron chi connectivity index (χ4n) is 3.07. The van der Waals surface area contributed by atoms with Crippen LogP contribution in [-0.4, -0.2) is 32.5 Å². The van der Waals surface area contributed by atoms with E-state index in [4.69, 9.17) is 9.47 Å². The van der Waals surface area contributed by atoms with E-state index in [0.717, 1.165) is 25.0 Å². The third kappa shape index (κ3) is 6.16. The number of carbonyl (C=O) groups is 1. The first-order valence-electron chi connectivity index (χ1n) is 10.9. The summed E-state index contributed by atoms with van der Waals surface area (Å²) in [6.45, 7) is 2.85. The molecule has 0 atom stereocenters. The molecule has 1 amide bonds. The second-order valence-corrected chi connectivity index (χ2v) is 7.34. The monoisotopic (exact) mass is 443 g/mol. The maximum atomic E-state index is 12.5. The molecule has 0 unspecified atom stereocenters. The Morgan fingerprint density at radius 2 is 1.73 bits per heavy atom. The zero-order valence-corrected chi connectivity index (χ0v) is 18.3. The topological polar surface area (TPSA) is 91.2 Å². The predicted molar refractivity (Wildman–Crippen MR) is 125 cm³/mol. The average molecular weight is 444 g/mol. The van der Waals surface area contributed by atoms with Crippen molar-refractivity contribution in [3.8, 4) is 23.2 Å². The van der Waals surface area contributed by atoms with E-state index in [2.05, 4.69) is 27.5 Å². The van der Waals surface area contributed by atoms with Gasteiger partial charge in [0.25, 0.3) is 5.91 Å². The highest BCUT2D eigenvalue weighted by Crippen LogP contribution is 2.22. The number of nitrogens with zero attached hydrogens (tertiary/aromatic N) is 4. The molecule has 4 aromatic rings. The number of nitrogens with one attached hydrogen (secondary N) is 1. The van der Waals surface area contributed by atoms with Crippen molar-refractivity contribution < 1.29 is 14.3 Å². The lowest BCUT2D eigenvalue weighted by molar-refractivity contribution is 0.102. The summed E-state index contributed by atoms with van der Waals surface area (Å²) >= 11 is 0. The fourth-order valence-corrected chi connectivity index (χ4v) is 3.07. The van der Waals surface area contributed by atoms with Crippen LogP contribution in [0.5, 0.6) is 17.4 Å². The summed E-state index contributed by atoms with van der Waals surface area (Å²) in [7, 11) is 0. The summed E-state index contributed by atoms with van der Waals surface area (Å²) in [4.78, 5) is 12.5. The van der Waals surface area contributed by atoms with Crippen LogP contribution in [0, 0.1) is 0 Å². The summed E-state index contributed by atoms with van der Waals surface area (Å²) in [5.41, 5.74) is 1.22. The Morgan fingerprint density at radius 1 is 0.939 bits per heavy atom. The standard InChI is InChI=1S/C25H25N5O3/c1-2-3-4-18-32-21-10-6-19(7-11-21)25(31)27-20-8-12-22(13-9-20)33-24-15-14-23(28-29-24)30-17-5-16-26-30/h5-17H,2-4,18H2,1H3,(H,27,31). The van der Waals surface area contributed by atoms with Crippen molar-refractivity contribution in [2.75, 3.05) is 11.9 Å². The lowest BCUT2D eigenvalue weighted by Gasteiger charge is -2.09. The molecular formula is C25H25N5O3. The molecule has 0 aliphatic rings. The van der Waals surface area contributed by atoms with Gasteiger partial charge in [0.15, 0.2) is 5.82 Å². The van der Waals surface area contributed by atoms with Gasteiger partial charge in [-0.1, -0.05) is 19.8 Å². The van der Waals surface area contributed by atoms with E-state index in [9.17, 15) is 4.79 Å². The minimum Gasteiger partial charge on any atom is -0.494 e. The van der Waals surface area contributed by atoms with Gasteiger partial charge in [0.1, 0.15) is 11.5 Å². The highest BCUT2D eigenvalue weighted by atomic mass is 16.5. The van der Waals surface area contributed by atoms with Gasteiger partial charge in [-0.25, -0.2) is 4.68 Å². The number of anilines is 1. The molecule has 168 valence electrons. The van der Waals surface area contributed by atoms with E-state index in [0.29, 0.717) is 35.3 Å². The van der Waals surface area contributed by atoms with Crippen LogP contribution in [0.3, 0.4) is 0 Å². The number of unbranched alkanes of at least 4 members (excludes halogenated alkanes) is 2. The normalized spacial score (nSPS) is 10.6. The van der Waals surface area contributed by atoms with Crippen LogP contribution in [-0.2, 0) is 0 Å². The minimum atomic E-state index is -0.193. The summed E-state index contributed by atoms with van der Waals surface area (Å²) in [6, 6.07) is 19.5. The van der Waals surface area contributed by atoms with Crippen LogP contribution in [0.25, 0.3) is 5.82 Å². The minimum absolute atomic E-state index is 0.193. The molecule has 0 bridgehead atoms. The highest BCUT2D eigenvalue weighted by Gasteiger charge is 2.08. The van der Waals surface area contributed by atoms with Crippen molar-refractivity contribution >= 4 is 11.6 Å². The predicted octanol–water partition coefficient (Wildman–Crippen LogP) is 5.28. The Balaban J connectivity index is 1.29. The van der Waals surface area contributed by atoms with Crippen molar-refractivity contribution in [3.05, 3.63) is 84.7 Å². The number of hydrogen-bond acceptors (Lipinski definition) is 6. The van der Waals surface area contributed by atoms with E-state index in [1.54, 1.807) is 65.6 Å². The molecule has 8 heteroatoms. The smallest absolute Gasteiger partial charge is 0.255 e. The highest BCUT2D eigenvalue weighted by molar-refractivity contribution is 6.04. The lowest BCUT2D eigenvalue weighted by atomic mass is 10.2. The van der Waals surface area contributed by atoms with Gasteiger partial charge in [0.2, 0.25) is 5.88 Å². The van der Waals surface area contributed by atoms with Crippen LogP contribution in [0.1, 0.15) is 36.5 Å². The molecule has 0 aliphatic carbocycles. The zero-order valence-electron chi connectivity index (χ0n) is 18.3. The first-order chi connectivity index (χ1) is 16.2. The SMILES string of the molecule is CCCCCOc1ccc(C(=O)Nc2ccc(Oc3ccc(-n4cccn4)nn3)cc2)cc1. The van der Waals surface area contributed by atoms with Gasteiger partial charge in [-0.15, -0.1) is 10.2 Å². The number of aromatic nitrogens is 4. The molecule has 2 aromatic heterocycles. The van der Waals surface area contributed by atoms with Crippen LogP contribution < -0.4 is 14.8 Å². The number of hydrogen-bond donors (Lipinski definition) is 1. The summed E-state index contributed by atoms with van der Waals surface area (Å²) < 4.78 is 13.0. The Labute approximate surface area is 192 Å². The number of amides is 1. The molecule has 1 N–H and O–H groups in total. The van der Waals surface area contributed by atoms with Gasteiger partial charge < -0.3 is 14.8 Å². The molecule has 0 fully saturated rings. The molecule has 0 aliphatic heterocycles. The second kappa shape index (κ2) is 10.9. The number of ether oxygens (including phenoxy) is 2. The van der Waals surface area contributed by atoms with Crippen molar-refractivity contribution in [1.82, 2.24) is 20.0 Å². The van der Waals surface area contributed by atoms with Crippen LogP contribution in [0.2, 0.25) is 0 Å². The Morgan fingerprint density at radius 3 is 2.39 bits per heavy atom. The summed E-state index contributed by atoms with van der Waals surface area (Å²) in [6.07, 6.45) is 6.79. The molecule has 33 heavy (non-hydrogen) atoms. The van der Waals surface area contributed by atoms with E-state index in [1.807, 2.05) is 18.2 Å². The van der Waals surface area contributed by atoms with Crippen molar-refractivity contribution in [2.24, 2.45) is 0 Å². The quantitative estimate of drug-likeness (QED) is 0.336. The Hall–Kier alpha value is -4.20. The summed E-state index contributed by atoms with van der Waals surface area (Å²) in [5.74, 6) is 2.12. The Kier molecular flexibility index (Phi) is 7.27. The first kappa shape index (κ1) is 22.0. The fraction of sp³-hybridized carbons (Fsp3) is 0.200. The molecule has 8 nitrogen and oxygen atoms in total. The van der Waals surface area contributed by atoms with E-state index in [1.165, 1.54) is 0 Å². The van der Waals surface area contributed by atoms with Crippen molar-refractivity contribution in [2.45, 2.75) is 26.2 Å². The molecular weight excluding hydrogens is 418 g/mol. The third-order valence-corrected chi connectivity index (χ3v) is 4.83. The maximum Gasteiger partial charge on any atom is 0.255 e. The van der Waals surface area contributed by atoms with Crippen LogP contribution in [0.15, 0.2) is 79.1 Å². The van der Waals surface area contributed by atoms with E-state index < -0.39 is 0 Å². The molecule has 0 spiro atoms. The second-order valence-electron chi connectivity index (χ2n) is 7.34. The first-order valence-corrected chi connectivity index (χ1v) is 10.9. The van der Waals surface area contributed by atoms with Gasteiger partial charge in [-0.05, 0) is 67.1 Å². The zero-order chi connectivity index (χ0) is 22.9. The van der Waals surface area contributed by atoms with Gasteiger partial charge in [-0.3, -0.25) is 4.79 Å². The molecule has 0 saturated heterocycles. The molecule has 2 aromatic carbocycles. The summed E-state index contributed by atoms with van der Waals surface area (Å²) in [5, 5.41) is 15.1. The van der Waals surface area contributed by atoms with Gasteiger partial charge in [-0.2, -0.15) is 5.10 Å². The third-order valence-electron chi connectivity index (χ3n) is 4.83. The number of benzene rings is 2. The van der Waals surface area contributed by atoms with Gasteiger partial charge in [0, 0.05) is 29.7 Å². The van der Waals surface area contributed by atoms with E-state index in [-0.39, 0.29) is 5.91 Å². The van der Waals surface area contributed by atoms with Crippen molar-refractivity contribution in [1.29, 1.82) is 0 Å². The Bertz CT molecular complexity index is 1140. The molecule has 2 heterocycles. The van der Waals surface area contributed by atoms with Crippen LogP contribution in [0.4, 0.5) is 5.69 Å². The molecule has 0 radical (unpaired) electrons. The lowest BCUT2D eigenvalue weighted by Crippen LogP contribution is -2.11. The largest absolute Gasteiger partial charge is 0.494 e.